The molecule has 0 aliphatic heterocycles. The highest BCUT2D eigenvalue weighted by Gasteiger charge is 2.20. The van der Waals surface area contributed by atoms with E-state index >= 15 is 0 Å². The molecule has 0 saturated carbocycles. The van der Waals surface area contributed by atoms with Gasteiger partial charge in [-0.3, -0.25) is 9.10 Å². The number of nitrogens with zero attached hydrogens (tertiary/aromatic N) is 1. The number of para-hydroxylation sites is 1. The Hall–Kier alpha value is -1.63. The van der Waals surface area contributed by atoms with Crippen LogP contribution in [0.4, 0.5) is 10.1 Å². The van der Waals surface area contributed by atoms with Crippen LogP contribution in [0, 0.1) is 5.82 Å². The summed E-state index contributed by atoms with van der Waals surface area (Å²) in [5, 5.41) is 8.51. The summed E-state index contributed by atoms with van der Waals surface area (Å²) in [5.74, 6) is -1.67. The van der Waals surface area contributed by atoms with Crippen LogP contribution in [0.15, 0.2) is 24.3 Å². The molecule has 1 N–H and O–H groups in total. The number of carbonyl (C=O) groups is 1. The molecule has 0 bridgehead atoms. The molecule has 0 spiro atoms. The van der Waals surface area contributed by atoms with E-state index in [1.165, 1.54) is 18.2 Å². The van der Waals surface area contributed by atoms with Crippen molar-refractivity contribution in [1.82, 2.24) is 0 Å². The first-order valence-electron chi connectivity index (χ1n) is 5.26. The number of carboxylic acid groups (broad SMARTS) is 1. The summed E-state index contributed by atoms with van der Waals surface area (Å²) in [4.78, 5) is 10.4. The smallest absolute Gasteiger partial charge is 0.303 e. The fraction of sp³-hybridized carbons (Fsp3) is 0.364. The third kappa shape index (κ3) is 3.99. The minimum absolute atomic E-state index is 0.0634. The molecule has 7 heteroatoms. The quantitative estimate of drug-likeness (QED) is 0.852. The third-order valence-electron chi connectivity index (χ3n) is 2.27. The molecule has 0 atom stereocenters. The average Bonchev–Trinajstić information content (AvgIpc) is 2.24. The molecule has 0 saturated heterocycles. The summed E-state index contributed by atoms with van der Waals surface area (Å²) < 4.78 is 37.6. The molecule has 1 rings (SSSR count). The van der Waals surface area contributed by atoms with Gasteiger partial charge in [-0.25, -0.2) is 12.8 Å². The Kier molecular flexibility index (Phi) is 4.66. The Balaban J connectivity index is 2.94. The largest absolute Gasteiger partial charge is 0.481 e. The topological polar surface area (TPSA) is 74.7 Å². The molecule has 5 nitrogen and oxygen atoms in total. The van der Waals surface area contributed by atoms with Gasteiger partial charge in [0.2, 0.25) is 10.0 Å². The highest BCUT2D eigenvalue weighted by Crippen LogP contribution is 2.21. The monoisotopic (exact) mass is 275 g/mol. The number of benzene rings is 1. The van der Waals surface area contributed by atoms with E-state index in [9.17, 15) is 17.6 Å². The standard InChI is InChI=1S/C11H14FNO4S/c1-18(16,17)13(8-4-7-11(14)15)10-6-3-2-5-9(10)12/h2-3,5-6H,4,7-8H2,1H3,(H,14,15). The number of halogens is 1. The number of aliphatic carboxylic acids is 1. The molecule has 18 heavy (non-hydrogen) atoms. The van der Waals surface area contributed by atoms with Crippen molar-refractivity contribution in [3.8, 4) is 0 Å². The molecule has 0 fully saturated rings. The maximum Gasteiger partial charge on any atom is 0.303 e. The van der Waals surface area contributed by atoms with Gasteiger partial charge in [-0.05, 0) is 18.6 Å². The molecule has 100 valence electrons. The second-order valence-corrected chi connectivity index (χ2v) is 5.69. The number of hydrogen-bond donors (Lipinski definition) is 1. The van der Waals surface area contributed by atoms with E-state index in [2.05, 4.69) is 0 Å². The lowest BCUT2D eigenvalue weighted by atomic mass is 10.2. The highest BCUT2D eigenvalue weighted by molar-refractivity contribution is 7.92. The van der Waals surface area contributed by atoms with Crippen molar-refractivity contribution >= 4 is 21.7 Å². The second-order valence-electron chi connectivity index (χ2n) is 3.78. The van der Waals surface area contributed by atoms with Gasteiger partial charge in [-0.2, -0.15) is 0 Å². The summed E-state index contributed by atoms with van der Waals surface area (Å²) in [6, 6.07) is 5.48. The normalized spacial score (nSPS) is 11.2. The van der Waals surface area contributed by atoms with Crippen LogP contribution in [-0.2, 0) is 14.8 Å². The Labute approximate surface area is 105 Å². The molecule has 1 aromatic rings. The summed E-state index contributed by atoms with van der Waals surface area (Å²) in [6.07, 6.45) is 0.914. The van der Waals surface area contributed by atoms with Crippen LogP contribution < -0.4 is 4.31 Å². The zero-order valence-corrected chi connectivity index (χ0v) is 10.7. The van der Waals surface area contributed by atoms with Gasteiger partial charge < -0.3 is 5.11 Å². The highest BCUT2D eigenvalue weighted by atomic mass is 32.2. The van der Waals surface area contributed by atoms with Crippen LogP contribution in [0.5, 0.6) is 0 Å². The van der Waals surface area contributed by atoms with Gasteiger partial charge in [0.05, 0.1) is 11.9 Å². The lowest BCUT2D eigenvalue weighted by Crippen LogP contribution is -2.31. The minimum Gasteiger partial charge on any atom is -0.481 e. The van der Waals surface area contributed by atoms with Crippen LogP contribution in [0.1, 0.15) is 12.8 Å². The van der Waals surface area contributed by atoms with Crippen molar-refractivity contribution < 1.29 is 22.7 Å². The molecule has 0 unspecified atom stereocenters. The SMILES string of the molecule is CS(=O)(=O)N(CCCC(=O)O)c1ccccc1F. The van der Waals surface area contributed by atoms with Crippen molar-refractivity contribution in [2.24, 2.45) is 0 Å². The fourth-order valence-electron chi connectivity index (χ4n) is 1.49. The molecule has 0 aliphatic rings. The van der Waals surface area contributed by atoms with E-state index in [0.717, 1.165) is 16.6 Å². The molecule has 0 aromatic heterocycles. The maximum atomic E-state index is 13.5. The number of anilines is 1. The van der Waals surface area contributed by atoms with E-state index in [1.807, 2.05) is 0 Å². The maximum absolute atomic E-state index is 13.5. The average molecular weight is 275 g/mol. The molecule has 0 amide bonds. The van der Waals surface area contributed by atoms with Crippen LogP contribution in [0.25, 0.3) is 0 Å². The Bertz CT molecular complexity index is 530. The lowest BCUT2D eigenvalue weighted by molar-refractivity contribution is -0.137. The first-order chi connectivity index (χ1) is 8.32. The van der Waals surface area contributed by atoms with E-state index in [-0.39, 0.29) is 25.1 Å². The first-order valence-corrected chi connectivity index (χ1v) is 7.11. The van der Waals surface area contributed by atoms with Crippen molar-refractivity contribution in [2.45, 2.75) is 12.8 Å². The number of rotatable bonds is 6. The molecule has 1 aromatic carbocycles. The molecular weight excluding hydrogens is 261 g/mol. The van der Waals surface area contributed by atoms with Gasteiger partial charge in [-0.15, -0.1) is 0 Å². The van der Waals surface area contributed by atoms with E-state index in [4.69, 9.17) is 5.11 Å². The zero-order valence-electron chi connectivity index (χ0n) is 9.84. The van der Waals surface area contributed by atoms with Gasteiger partial charge in [0, 0.05) is 13.0 Å². The predicted octanol–water partition coefficient (Wildman–Crippen LogP) is 1.46. The van der Waals surface area contributed by atoms with Gasteiger partial charge in [0.15, 0.2) is 0 Å². The van der Waals surface area contributed by atoms with Crippen molar-refractivity contribution in [2.75, 3.05) is 17.1 Å². The fourth-order valence-corrected chi connectivity index (χ4v) is 2.46. The predicted molar refractivity (Wildman–Crippen MR) is 65.5 cm³/mol. The van der Waals surface area contributed by atoms with E-state index < -0.39 is 21.8 Å². The van der Waals surface area contributed by atoms with Crippen LogP contribution in [-0.4, -0.2) is 32.3 Å². The number of hydrogen-bond acceptors (Lipinski definition) is 3. The van der Waals surface area contributed by atoms with E-state index in [1.54, 1.807) is 0 Å². The van der Waals surface area contributed by atoms with Gasteiger partial charge >= 0.3 is 5.97 Å². The minimum atomic E-state index is -3.64. The number of sulfonamides is 1. The molecule has 0 radical (unpaired) electrons. The molecule has 0 aliphatic carbocycles. The summed E-state index contributed by atoms with van der Waals surface area (Å²) in [7, 11) is -3.64. The molecule has 0 heterocycles. The van der Waals surface area contributed by atoms with E-state index in [0.29, 0.717) is 0 Å². The Morgan fingerprint density at radius 3 is 2.50 bits per heavy atom. The summed E-state index contributed by atoms with van der Waals surface area (Å²) in [6.45, 7) is -0.0634. The lowest BCUT2D eigenvalue weighted by Gasteiger charge is -2.22. The number of carboxylic acids is 1. The van der Waals surface area contributed by atoms with Crippen molar-refractivity contribution in [3.05, 3.63) is 30.1 Å². The van der Waals surface area contributed by atoms with Gasteiger partial charge in [0.1, 0.15) is 5.82 Å². The van der Waals surface area contributed by atoms with Crippen molar-refractivity contribution in [1.29, 1.82) is 0 Å². The van der Waals surface area contributed by atoms with Crippen molar-refractivity contribution in [3.63, 3.8) is 0 Å². The Morgan fingerprint density at radius 1 is 1.39 bits per heavy atom. The Morgan fingerprint density at radius 2 is 2.00 bits per heavy atom. The second kappa shape index (κ2) is 5.81. The summed E-state index contributed by atoms with van der Waals surface area (Å²) >= 11 is 0. The molecular formula is C11H14FNO4S. The van der Waals surface area contributed by atoms with Crippen LogP contribution in [0.2, 0.25) is 0 Å². The van der Waals surface area contributed by atoms with Crippen LogP contribution >= 0.6 is 0 Å². The third-order valence-corrected chi connectivity index (χ3v) is 3.45. The van der Waals surface area contributed by atoms with Gasteiger partial charge in [-0.1, -0.05) is 12.1 Å². The van der Waals surface area contributed by atoms with Gasteiger partial charge in [0.25, 0.3) is 0 Å². The van der Waals surface area contributed by atoms with Crippen LogP contribution in [0.3, 0.4) is 0 Å². The first kappa shape index (κ1) is 14.4. The summed E-state index contributed by atoms with van der Waals surface area (Å²) in [5.41, 5.74) is -0.0645. The zero-order chi connectivity index (χ0) is 13.8.